The Morgan fingerprint density at radius 2 is 2.17 bits per heavy atom. The fraction of sp³-hybridized carbons (Fsp3) is 0.611. The Kier molecular flexibility index (Phi) is 6.85. The van der Waals surface area contributed by atoms with Crippen molar-refractivity contribution < 1.29 is 14.2 Å². The maximum absolute atomic E-state index is 13.2. The van der Waals surface area contributed by atoms with E-state index in [1.165, 1.54) is 12.1 Å². The molecular weight excluding hydrogens is 309 g/mol. The molecule has 1 aromatic carbocycles. The molecule has 1 unspecified atom stereocenters. The van der Waals surface area contributed by atoms with E-state index in [1.807, 2.05) is 13.8 Å². The smallest absolute Gasteiger partial charge is 0.191 e. The molecule has 1 aliphatic rings. The zero-order valence-corrected chi connectivity index (χ0v) is 14.5. The number of benzene rings is 1. The molecule has 0 bridgehead atoms. The minimum absolute atomic E-state index is 0.0950. The summed E-state index contributed by atoms with van der Waals surface area (Å²) >= 11 is 0. The quantitative estimate of drug-likeness (QED) is 0.504. The molecule has 134 valence electrons. The van der Waals surface area contributed by atoms with Crippen LogP contribution in [0.1, 0.15) is 39.5 Å². The molecule has 3 N–H and O–H groups in total. The first-order chi connectivity index (χ1) is 11.5. The third kappa shape index (κ3) is 5.67. The van der Waals surface area contributed by atoms with E-state index < -0.39 is 5.60 Å². The number of hydrogen-bond acceptors (Lipinski definition) is 3. The van der Waals surface area contributed by atoms with Crippen molar-refractivity contribution >= 4 is 5.96 Å². The molecule has 5 nitrogen and oxygen atoms in total. The minimum Gasteiger partial charge on any atom is -0.489 e. The number of aliphatic imine (C=N–C) groups is 1. The van der Waals surface area contributed by atoms with Gasteiger partial charge in [-0.3, -0.25) is 4.99 Å². The fourth-order valence-corrected chi connectivity index (χ4v) is 2.52. The van der Waals surface area contributed by atoms with Crippen molar-refractivity contribution in [1.29, 1.82) is 0 Å². The van der Waals surface area contributed by atoms with Crippen molar-refractivity contribution in [2.24, 2.45) is 4.99 Å². The Bertz CT molecular complexity index is 547. The Morgan fingerprint density at radius 3 is 2.75 bits per heavy atom. The van der Waals surface area contributed by atoms with Crippen LogP contribution in [0.25, 0.3) is 0 Å². The van der Waals surface area contributed by atoms with Gasteiger partial charge in [0.25, 0.3) is 0 Å². The van der Waals surface area contributed by atoms with Crippen molar-refractivity contribution in [1.82, 2.24) is 10.6 Å². The van der Waals surface area contributed by atoms with Crippen molar-refractivity contribution in [3.8, 4) is 5.75 Å². The van der Waals surface area contributed by atoms with Crippen LogP contribution >= 0.6 is 0 Å². The number of nitrogens with zero attached hydrogens (tertiary/aromatic N) is 1. The summed E-state index contributed by atoms with van der Waals surface area (Å²) in [6.45, 7) is 5.72. The van der Waals surface area contributed by atoms with Crippen molar-refractivity contribution in [2.75, 3.05) is 19.6 Å². The van der Waals surface area contributed by atoms with Crippen LogP contribution in [0.3, 0.4) is 0 Å². The number of hydrogen-bond donors (Lipinski definition) is 3. The average Bonchev–Trinajstić information content (AvgIpc) is 2.54. The number of aliphatic hydroxyl groups is 1. The lowest BCUT2D eigenvalue weighted by molar-refractivity contribution is -0.0236. The van der Waals surface area contributed by atoms with Gasteiger partial charge in [-0.15, -0.1) is 0 Å². The van der Waals surface area contributed by atoms with Crippen LogP contribution in [0, 0.1) is 5.82 Å². The van der Waals surface area contributed by atoms with Crippen molar-refractivity contribution in [2.45, 2.75) is 51.2 Å². The molecule has 0 aromatic heterocycles. The standard InChI is InChI=1S/C18H28FN3O2/c1-3-15(24-16-8-5-7-14(19)11-16)12-21-17(20-4-2)22-13-18(23)9-6-10-18/h5,7-8,11,15,23H,3-4,6,9-10,12-13H2,1-2H3,(H2,20,21,22). The largest absolute Gasteiger partial charge is 0.489 e. The number of ether oxygens (including phenoxy) is 1. The van der Waals surface area contributed by atoms with Crippen LogP contribution in [-0.4, -0.2) is 42.4 Å². The second kappa shape index (κ2) is 8.87. The third-order valence-corrected chi connectivity index (χ3v) is 4.21. The predicted octanol–water partition coefficient (Wildman–Crippen LogP) is 2.45. The predicted molar refractivity (Wildman–Crippen MR) is 93.9 cm³/mol. The van der Waals surface area contributed by atoms with E-state index in [0.29, 0.717) is 24.8 Å². The van der Waals surface area contributed by atoms with Crippen LogP contribution in [-0.2, 0) is 0 Å². The van der Waals surface area contributed by atoms with E-state index in [-0.39, 0.29) is 11.9 Å². The van der Waals surface area contributed by atoms with Crippen molar-refractivity contribution in [3.05, 3.63) is 30.1 Å². The molecule has 1 aromatic rings. The first-order valence-corrected chi connectivity index (χ1v) is 8.71. The Morgan fingerprint density at radius 1 is 1.38 bits per heavy atom. The maximum atomic E-state index is 13.2. The lowest BCUT2D eigenvalue weighted by atomic mass is 9.80. The van der Waals surface area contributed by atoms with Gasteiger partial charge in [-0.05, 0) is 44.7 Å². The number of nitrogens with one attached hydrogen (secondary N) is 2. The Balaban J connectivity index is 1.87. The normalized spacial score (nSPS) is 17.8. The van der Waals surface area contributed by atoms with Gasteiger partial charge in [0, 0.05) is 12.6 Å². The SMILES string of the molecule is CCNC(=NCC1(O)CCC1)NCC(CC)Oc1cccc(F)c1. The van der Waals surface area contributed by atoms with Crippen LogP contribution in [0.5, 0.6) is 5.75 Å². The van der Waals surface area contributed by atoms with Gasteiger partial charge in [0.2, 0.25) is 0 Å². The average molecular weight is 337 g/mol. The number of halogens is 1. The van der Waals surface area contributed by atoms with Crippen LogP contribution in [0.15, 0.2) is 29.3 Å². The van der Waals surface area contributed by atoms with E-state index >= 15 is 0 Å². The molecular formula is C18H28FN3O2. The molecule has 24 heavy (non-hydrogen) atoms. The highest BCUT2D eigenvalue weighted by molar-refractivity contribution is 5.79. The van der Waals surface area contributed by atoms with Gasteiger partial charge in [0.05, 0.1) is 18.7 Å². The molecule has 1 fully saturated rings. The number of guanidine groups is 1. The second-order valence-electron chi connectivity index (χ2n) is 6.26. The summed E-state index contributed by atoms with van der Waals surface area (Å²) in [6, 6.07) is 6.16. The maximum Gasteiger partial charge on any atom is 0.191 e. The molecule has 0 aliphatic heterocycles. The zero-order valence-electron chi connectivity index (χ0n) is 14.5. The molecule has 0 radical (unpaired) electrons. The molecule has 0 saturated heterocycles. The van der Waals surface area contributed by atoms with Crippen LogP contribution in [0.4, 0.5) is 4.39 Å². The van der Waals surface area contributed by atoms with E-state index in [9.17, 15) is 9.50 Å². The molecule has 1 atom stereocenters. The fourth-order valence-electron chi connectivity index (χ4n) is 2.52. The van der Waals surface area contributed by atoms with Gasteiger partial charge in [0.15, 0.2) is 5.96 Å². The lowest BCUT2D eigenvalue weighted by Crippen LogP contribution is -2.45. The summed E-state index contributed by atoms with van der Waals surface area (Å²) < 4.78 is 19.1. The summed E-state index contributed by atoms with van der Waals surface area (Å²) in [7, 11) is 0. The van der Waals surface area contributed by atoms with Gasteiger partial charge < -0.3 is 20.5 Å². The van der Waals surface area contributed by atoms with E-state index in [4.69, 9.17) is 4.74 Å². The highest BCUT2D eigenvalue weighted by Crippen LogP contribution is 2.31. The Labute approximate surface area is 143 Å². The second-order valence-corrected chi connectivity index (χ2v) is 6.26. The van der Waals surface area contributed by atoms with E-state index in [1.54, 1.807) is 12.1 Å². The molecule has 6 heteroatoms. The van der Waals surface area contributed by atoms with Gasteiger partial charge in [0.1, 0.15) is 17.7 Å². The first kappa shape index (κ1) is 18.5. The topological polar surface area (TPSA) is 65.9 Å². The van der Waals surface area contributed by atoms with Crippen molar-refractivity contribution in [3.63, 3.8) is 0 Å². The summed E-state index contributed by atoms with van der Waals surface area (Å²) in [4.78, 5) is 4.46. The minimum atomic E-state index is -0.634. The van der Waals surface area contributed by atoms with Gasteiger partial charge in [-0.25, -0.2) is 4.39 Å². The molecule has 1 saturated carbocycles. The number of rotatable bonds is 8. The van der Waals surface area contributed by atoms with Gasteiger partial charge in [-0.2, -0.15) is 0 Å². The highest BCUT2D eigenvalue weighted by Gasteiger charge is 2.34. The molecule has 0 heterocycles. The molecule has 2 rings (SSSR count). The molecule has 0 spiro atoms. The first-order valence-electron chi connectivity index (χ1n) is 8.71. The molecule has 0 amide bonds. The monoisotopic (exact) mass is 337 g/mol. The summed E-state index contributed by atoms with van der Waals surface area (Å²) in [5.41, 5.74) is -0.634. The van der Waals surface area contributed by atoms with E-state index in [2.05, 4.69) is 15.6 Å². The van der Waals surface area contributed by atoms with Gasteiger partial charge >= 0.3 is 0 Å². The van der Waals surface area contributed by atoms with E-state index in [0.717, 1.165) is 32.2 Å². The third-order valence-electron chi connectivity index (χ3n) is 4.21. The molecule has 1 aliphatic carbocycles. The summed E-state index contributed by atoms with van der Waals surface area (Å²) in [5, 5.41) is 16.6. The lowest BCUT2D eigenvalue weighted by Gasteiger charge is -2.35. The highest BCUT2D eigenvalue weighted by atomic mass is 19.1. The van der Waals surface area contributed by atoms with Crippen LogP contribution in [0.2, 0.25) is 0 Å². The van der Waals surface area contributed by atoms with Gasteiger partial charge in [-0.1, -0.05) is 13.0 Å². The zero-order chi connectivity index (χ0) is 17.4. The van der Waals surface area contributed by atoms with Crippen LogP contribution < -0.4 is 15.4 Å². The Hall–Kier alpha value is -1.82. The summed E-state index contributed by atoms with van der Waals surface area (Å²) in [5.74, 6) is 0.882. The summed E-state index contributed by atoms with van der Waals surface area (Å²) in [6.07, 6.45) is 3.39.